The Morgan fingerprint density at radius 2 is 1.78 bits per heavy atom. The molecular weight excluding hydrogens is 231 g/mol. The van der Waals surface area contributed by atoms with Crippen molar-refractivity contribution in [3.8, 4) is 0 Å². The molecule has 0 aliphatic carbocycles. The Bertz CT molecular complexity index is 434. The summed E-state index contributed by atoms with van der Waals surface area (Å²) in [7, 11) is 0. The zero-order valence-electron chi connectivity index (χ0n) is 10.2. The fourth-order valence-corrected chi connectivity index (χ4v) is 3.05. The lowest BCUT2D eigenvalue weighted by molar-refractivity contribution is 0.0537. The number of likely N-dealkylation sites (tertiary alicyclic amines) is 1. The molecule has 0 radical (unpaired) electrons. The van der Waals surface area contributed by atoms with Gasteiger partial charge in [-0.25, -0.2) is 4.39 Å². The first-order chi connectivity index (χ1) is 8.72. The molecule has 0 spiro atoms. The van der Waals surface area contributed by atoms with Gasteiger partial charge in [-0.2, -0.15) is 0 Å². The van der Waals surface area contributed by atoms with Crippen molar-refractivity contribution in [3.63, 3.8) is 0 Å². The van der Waals surface area contributed by atoms with Gasteiger partial charge in [-0.3, -0.25) is 4.79 Å². The van der Waals surface area contributed by atoms with Crippen molar-refractivity contribution in [2.75, 3.05) is 26.2 Å². The molecule has 2 atom stereocenters. The third-order valence-corrected chi connectivity index (χ3v) is 3.87. The summed E-state index contributed by atoms with van der Waals surface area (Å²) in [6.07, 6.45) is 1.22. The number of halogens is 1. The minimum absolute atomic E-state index is 0.0339. The second kappa shape index (κ2) is 4.69. The van der Waals surface area contributed by atoms with Crippen LogP contribution in [0.1, 0.15) is 16.8 Å². The summed E-state index contributed by atoms with van der Waals surface area (Å²) in [4.78, 5) is 14.2. The number of carbonyl (C=O) groups excluding carboxylic acids is 1. The van der Waals surface area contributed by atoms with Gasteiger partial charge in [0.1, 0.15) is 5.82 Å². The molecule has 2 saturated heterocycles. The molecule has 1 amide bonds. The van der Waals surface area contributed by atoms with Gasteiger partial charge >= 0.3 is 0 Å². The minimum Gasteiger partial charge on any atom is -0.338 e. The number of hydrogen-bond donors (Lipinski definition) is 1. The minimum atomic E-state index is -0.300. The van der Waals surface area contributed by atoms with E-state index in [-0.39, 0.29) is 11.7 Å². The molecule has 1 N–H and O–H groups in total. The summed E-state index contributed by atoms with van der Waals surface area (Å²) < 4.78 is 12.8. The summed E-state index contributed by atoms with van der Waals surface area (Å²) in [6, 6.07) is 5.83. The maximum Gasteiger partial charge on any atom is 0.253 e. The molecule has 18 heavy (non-hydrogen) atoms. The Hall–Kier alpha value is -1.42. The third kappa shape index (κ3) is 2.25. The SMILES string of the molecule is O=C(c1ccc(F)cc1)N1CC2CNCC(C2)C1. The normalized spacial score (nSPS) is 27.1. The van der Waals surface area contributed by atoms with E-state index in [0.29, 0.717) is 17.4 Å². The fourth-order valence-electron chi connectivity index (χ4n) is 3.05. The van der Waals surface area contributed by atoms with Crippen LogP contribution in [0.5, 0.6) is 0 Å². The number of hydrogen-bond acceptors (Lipinski definition) is 2. The second-order valence-corrected chi connectivity index (χ2v) is 5.34. The Morgan fingerprint density at radius 3 is 2.39 bits per heavy atom. The number of piperidine rings is 2. The molecule has 2 fully saturated rings. The fraction of sp³-hybridized carbons (Fsp3) is 0.500. The Morgan fingerprint density at radius 1 is 1.17 bits per heavy atom. The summed E-state index contributed by atoms with van der Waals surface area (Å²) in [5, 5.41) is 3.41. The van der Waals surface area contributed by atoms with E-state index < -0.39 is 0 Å². The first-order valence-electron chi connectivity index (χ1n) is 6.48. The summed E-state index contributed by atoms with van der Waals surface area (Å²) >= 11 is 0. The lowest BCUT2D eigenvalue weighted by atomic mass is 9.85. The lowest BCUT2D eigenvalue weighted by Crippen LogP contribution is -2.52. The molecular formula is C14H17FN2O. The quantitative estimate of drug-likeness (QED) is 0.817. The van der Waals surface area contributed by atoms with E-state index in [9.17, 15) is 9.18 Å². The average molecular weight is 248 g/mol. The van der Waals surface area contributed by atoms with Gasteiger partial charge < -0.3 is 10.2 Å². The van der Waals surface area contributed by atoms with Crippen LogP contribution in [0.4, 0.5) is 4.39 Å². The Labute approximate surface area is 106 Å². The predicted octanol–water partition coefficient (Wildman–Crippen LogP) is 1.51. The van der Waals surface area contributed by atoms with Crippen molar-refractivity contribution in [2.24, 2.45) is 11.8 Å². The monoisotopic (exact) mass is 248 g/mol. The van der Waals surface area contributed by atoms with Gasteiger partial charge in [-0.1, -0.05) is 0 Å². The molecule has 2 heterocycles. The number of fused-ring (bicyclic) bond motifs is 2. The van der Waals surface area contributed by atoms with Crippen LogP contribution in [-0.4, -0.2) is 37.0 Å². The van der Waals surface area contributed by atoms with Gasteiger partial charge in [0, 0.05) is 18.7 Å². The van der Waals surface area contributed by atoms with Crippen LogP contribution in [-0.2, 0) is 0 Å². The van der Waals surface area contributed by atoms with E-state index in [1.807, 2.05) is 4.90 Å². The van der Waals surface area contributed by atoms with Crippen LogP contribution in [0.15, 0.2) is 24.3 Å². The van der Waals surface area contributed by atoms with E-state index in [2.05, 4.69) is 5.32 Å². The molecule has 3 nitrogen and oxygen atoms in total. The third-order valence-electron chi connectivity index (χ3n) is 3.87. The average Bonchev–Trinajstić information content (AvgIpc) is 2.38. The predicted molar refractivity (Wildman–Crippen MR) is 66.8 cm³/mol. The molecule has 0 saturated carbocycles. The lowest BCUT2D eigenvalue weighted by Gasteiger charge is -2.41. The molecule has 2 bridgehead atoms. The molecule has 96 valence electrons. The van der Waals surface area contributed by atoms with Crippen LogP contribution in [0.25, 0.3) is 0 Å². The van der Waals surface area contributed by atoms with Crippen molar-refractivity contribution in [2.45, 2.75) is 6.42 Å². The number of amides is 1. The maximum atomic E-state index is 12.8. The van der Waals surface area contributed by atoms with Gasteiger partial charge in [-0.05, 0) is 55.6 Å². The Kier molecular flexibility index (Phi) is 3.04. The molecule has 0 aromatic heterocycles. The van der Waals surface area contributed by atoms with E-state index in [1.54, 1.807) is 12.1 Å². The molecule has 2 aliphatic rings. The van der Waals surface area contributed by atoms with Crippen molar-refractivity contribution >= 4 is 5.91 Å². The summed E-state index contributed by atoms with van der Waals surface area (Å²) in [5.41, 5.74) is 0.587. The standard InChI is InChI=1S/C14H17FN2O/c15-13-3-1-12(2-4-13)14(18)17-8-10-5-11(9-17)7-16-6-10/h1-4,10-11,16H,5-9H2. The largest absolute Gasteiger partial charge is 0.338 e. The molecule has 2 unspecified atom stereocenters. The van der Waals surface area contributed by atoms with Crippen LogP contribution < -0.4 is 5.32 Å². The van der Waals surface area contributed by atoms with Gasteiger partial charge in [0.05, 0.1) is 0 Å². The van der Waals surface area contributed by atoms with Gasteiger partial charge in [0.2, 0.25) is 0 Å². The molecule has 4 heteroatoms. The summed E-state index contributed by atoms with van der Waals surface area (Å²) in [6.45, 7) is 3.65. The van der Waals surface area contributed by atoms with Crippen LogP contribution >= 0.6 is 0 Å². The maximum absolute atomic E-state index is 12.8. The van der Waals surface area contributed by atoms with E-state index in [4.69, 9.17) is 0 Å². The van der Waals surface area contributed by atoms with Crippen LogP contribution in [0.3, 0.4) is 0 Å². The number of nitrogens with one attached hydrogen (secondary N) is 1. The first-order valence-corrected chi connectivity index (χ1v) is 6.48. The van der Waals surface area contributed by atoms with Crippen molar-refractivity contribution in [1.82, 2.24) is 10.2 Å². The zero-order chi connectivity index (χ0) is 12.5. The first kappa shape index (κ1) is 11.7. The number of rotatable bonds is 1. The highest BCUT2D eigenvalue weighted by Gasteiger charge is 2.32. The highest BCUT2D eigenvalue weighted by atomic mass is 19.1. The highest BCUT2D eigenvalue weighted by molar-refractivity contribution is 5.94. The smallest absolute Gasteiger partial charge is 0.253 e. The topological polar surface area (TPSA) is 32.3 Å². The molecule has 3 rings (SSSR count). The number of carbonyl (C=O) groups is 1. The van der Waals surface area contributed by atoms with Gasteiger partial charge in [-0.15, -0.1) is 0 Å². The molecule has 1 aromatic rings. The molecule has 1 aromatic carbocycles. The zero-order valence-corrected chi connectivity index (χ0v) is 10.2. The van der Waals surface area contributed by atoms with Gasteiger partial charge in [0.25, 0.3) is 5.91 Å². The van der Waals surface area contributed by atoms with Crippen molar-refractivity contribution in [3.05, 3.63) is 35.6 Å². The summed E-state index contributed by atoms with van der Waals surface area (Å²) in [5.74, 6) is 0.877. The van der Waals surface area contributed by atoms with E-state index >= 15 is 0 Å². The van der Waals surface area contributed by atoms with E-state index in [1.165, 1.54) is 18.6 Å². The van der Waals surface area contributed by atoms with Crippen molar-refractivity contribution in [1.29, 1.82) is 0 Å². The van der Waals surface area contributed by atoms with Crippen LogP contribution in [0.2, 0.25) is 0 Å². The van der Waals surface area contributed by atoms with Gasteiger partial charge in [0.15, 0.2) is 0 Å². The van der Waals surface area contributed by atoms with Crippen LogP contribution in [0, 0.1) is 17.7 Å². The highest BCUT2D eigenvalue weighted by Crippen LogP contribution is 2.25. The Balaban J connectivity index is 1.74. The number of benzene rings is 1. The number of nitrogens with zero attached hydrogens (tertiary/aromatic N) is 1. The second-order valence-electron chi connectivity index (χ2n) is 5.34. The van der Waals surface area contributed by atoms with E-state index in [0.717, 1.165) is 26.2 Å². The van der Waals surface area contributed by atoms with Crippen molar-refractivity contribution < 1.29 is 9.18 Å². The molecule has 2 aliphatic heterocycles.